The highest BCUT2D eigenvalue weighted by atomic mass is 16.5. The predicted octanol–water partition coefficient (Wildman–Crippen LogP) is 1.32. The van der Waals surface area contributed by atoms with E-state index >= 15 is 0 Å². The number of rotatable bonds is 8. The van der Waals surface area contributed by atoms with Gasteiger partial charge in [0.05, 0.1) is 7.11 Å². The smallest absolute Gasteiger partial charge is 0.251 e. The van der Waals surface area contributed by atoms with Crippen molar-refractivity contribution in [3.05, 3.63) is 29.8 Å². The lowest BCUT2D eigenvalue weighted by Crippen LogP contribution is -2.35. The normalized spacial score (nSPS) is 14.9. The lowest BCUT2D eigenvalue weighted by atomic mass is 9.93. The lowest BCUT2D eigenvalue weighted by Gasteiger charge is -2.22. The molecule has 1 aromatic carbocycles. The zero-order valence-electron chi connectivity index (χ0n) is 14.3. The van der Waals surface area contributed by atoms with Crippen LogP contribution in [0, 0.1) is 5.92 Å². The zero-order chi connectivity index (χ0) is 17.2. The number of ether oxygens (including phenoxy) is 1. The summed E-state index contributed by atoms with van der Waals surface area (Å²) in [6.07, 6.45) is 3.83. The highest BCUT2D eigenvalue weighted by Gasteiger charge is 2.14. The van der Waals surface area contributed by atoms with Crippen LogP contribution in [0.5, 0.6) is 5.75 Å². The van der Waals surface area contributed by atoms with Crippen LogP contribution in [0.2, 0.25) is 0 Å². The van der Waals surface area contributed by atoms with E-state index in [0.717, 1.165) is 32.4 Å². The van der Waals surface area contributed by atoms with Crippen LogP contribution in [-0.4, -0.2) is 45.1 Å². The Hall–Kier alpha value is -2.08. The second-order valence-electron chi connectivity index (χ2n) is 6.07. The molecular weight excluding hydrogens is 306 g/mol. The van der Waals surface area contributed by atoms with Crippen molar-refractivity contribution in [3.63, 3.8) is 0 Å². The molecule has 1 aromatic rings. The van der Waals surface area contributed by atoms with Crippen LogP contribution in [-0.2, 0) is 4.79 Å². The molecule has 0 atom stereocenters. The Morgan fingerprint density at radius 2 is 1.96 bits per heavy atom. The van der Waals surface area contributed by atoms with E-state index in [1.54, 1.807) is 31.4 Å². The highest BCUT2D eigenvalue weighted by molar-refractivity contribution is 5.94. The molecule has 0 aromatic heterocycles. The van der Waals surface area contributed by atoms with E-state index in [0.29, 0.717) is 36.7 Å². The molecule has 0 aliphatic carbocycles. The van der Waals surface area contributed by atoms with Crippen molar-refractivity contribution in [1.29, 1.82) is 0 Å². The lowest BCUT2D eigenvalue weighted by molar-refractivity contribution is -0.121. The first-order valence-corrected chi connectivity index (χ1v) is 8.58. The summed E-state index contributed by atoms with van der Waals surface area (Å²) in [6, 6.07) is 6.98. The van der Waals surface area contributed by atoms with Crippen LogP contribution in [0.4, 0.5) is 0 Å². The van der Waals surface area contributed by atoms with Crippen LogP contribution in [0.1, 0.15) is 36.0 Å². The van der Waals surface area contributed by atoms with Gasteiger partial charge in [0.25, 0.3) is 5.91 Å². The average Bonchev–Trinajstić information content (AvgIpc) is 2.64. The maximum absolute atomic E-state index is 12.0. The van der Waals surface area contributed by atoms with Gasteiger partial charge in [-0.05, 0) is 56.5 Å². The number of carbonyl (C=O) groups excluding carboxylic acids is 2. The van der Waals surface area contributed by atoms with E-state index in [2.05, 4.69) is 16.0 Å². The largest absolute Gasteiger partial charge is 0.497 e. The molecule has 0 unspecified atom stereocenters. The Morgan fingerprint density at radius 1 is 1.21 bits per heavy atom. The van der Waals surface area contributed by atoms with Gasteiger partial charge in [0.1, 0.15) is 5.75 Å². The Balaban J connectivity index is 1.59. The molecule has 1 saturated heterocycles. The number of amides is 2. The average molecular weight is 333 g/mol. The van der Waals surface area contributed by atoms with Crippen molar-refractivity contribution in [1.82, 2.24) is 16.0 Å². The second-order valence-corrected chi connectivity index (χ2v) is 6.07. The number of hydrogen-bond donors (Lipinski definition) is 3. The fraction of sp³-hybridized carbons (Fsp3) is 0.556. The van der Waals surface area contributed by atoms with E-state index in [9.17, 15) is 9.59 Å². The third kappa shape index (κ3) is 6.20. The third-order valence-electron chi connectivity index (χ3n) is 4.30. The fourth-order valence-corrected chi connectivity index (χ4v) is 2.84. The predicted molar refractivity (Wildman–Crippen MR) is 93.2 cm³/mol. The topological polar surface area (TPSA) is 79.5 Å². The Bertz CT molecular complexity index is 542. The maximum atomic E-state index is 12.0. The van der Waals surface area contributed by atoms with Crippen molar-refractivity contribution in [3.8, 4) is 5.75 Å². The quantitative estimate of drug-likeness (QED) is 0.627. The van der Waals surface area contributed by atoms with Crippen LogP contribution in [0.3, 0.4) is 0 Å². The molecule has 6 heteroatoms. The van der Waals surface area contributed by atoms with Gasteiger partial charge in [-0.1, -0.05) is 6.07 Å². The summed E-state index contributed by atoms with van der Waals surface area (Å²) < 4.78 is 5.10. The molecule has 2 amide bonds. The van der Waals surface area contributed by atoms with Gasteiger partial charge in [-0.15, -0.1) is 0 Å². The van der Waals surface area contributed by atoms with Crippen molar-refractivity contribution in [2.45, 2.75) is 25.7 Å². The standard InChI is InChI=1S/C18H27N3O3/c1-24-16-4-2-3-15(13-16)18(23)21-12-11-20-17(22)6-5-14-7-9-19-10-8-14/h2-4,13-14,19H,5-12H2,1H3,(H,20,22)(H,21,23). The molecule has 1 fully saturated rings. The van der Waals surface area contributed by atoms with Gasteiger partial charge >= 0.3 is 0 Å². The molecule has 6 nitrogen and oxygen atoms in total. The zero-order valence-corrected chi connectivity index (χ0v) is 14.3. The minimum absolute atomic E-state index is 0.0594. The Morgan fingerprint density at radius 3 is 2.71 bits per heavy atom. The van der Waals surface area contributed by atoms with Gasteiger partial charge in [0, 0.05) is 25.1 Å². The molecule has 132 valence electrons. The highest BCUT2D eigenvalue weighted by Crippen LogP contribution is 2.17. The summed E-state index contributed by atoms with van der Waals surface area (Å²) in [7, 11) is 1.57. The van der Waals surface area contributed by atoms with Gasteiger partial charge in [-0.25, -0.2) is 0 Å². The van der Waals surface area contributed by atoms with Crippen LogP contribution < -0.4 is 20.7 Å². The first kappa shape index (κ1) is 18.3. The van der Waals surface area contributed by atoms with Crippen molar-refractivity contribution < 1.29 is 14.3 Å². The summed E-state index contributed by atoms with van der Waals surface area (Å²) in [4.78, 5) is 23.8. The minimum atomic E-state index is -0.169. The van der Waals surface area contributed by atoms with Crippen molar-refractivity contribution >= 4 is 11.8 Å². The number of benzene rings is 1. The Labute approximate surface area is 143 Å². The molecule has 3 N–H and O–H groups in total. The summed E-state index contributed by atoms with van der Waals surface area (Å²) in [6.45, 7) is 2.97. The van der Waals surface area contributed by atoms with Gasteiger partial charge < -0.3 is 20.7 Å². The van der Waals surface area contributed by atoms with Crippen LogP contribution in [0.15, 0.2) is 24.3 Å². The number of carbonyl (C=O) groups is 2. The van der Waals surface area contributed by atoms with Crippen molar-refractivity contribution in [2.75, 3.05) is 33.3 Å². The molecule has 1 heterocycles. The van der Waals surface area contributed by atoms with Crippen LogP contribution in [0.25, 0.3) is 0 Å². The molecule has 0 bridgehead atoms. The number of nitrogens with one attached hydrogen (secondary N) is 3. The van der Waals surface area contributed by atoms with E-state index in [1.807, 2.05) is 0 Å². The van der Waals surface area contributed by atoms with Crippen LogP contribution >= 0.6 is 0 Å². The van der Waals surface area contributed by atoms with E-state index in [1.165, 1.54) is 0 Å². The molecule has 24 heavy (non-hydrogen) atoms. The van der Waals surface area contributed by atoms with Gasteiger partial charge in [-0.2, -0.15) is 0 Å². The van der Waals surface area contributed by atoms with Gasteiger partial charge in [0.15, 0.2) is 0 Å². The number of methoxy groups -OCH3 is 1. The molecule has 1 aliphatic rings. The molecule has 1 aliphatic heterocycles. The number of hydrogen-bond acceptors (Lipinski definition) is 4. The minimum Gasteiger partial charge on any atom is -0.497 e. The van der Waals surface area contributed by atoms with Crippen molar-refractivity contribution in [2.24, 2.45) is 5.92 Å². The fourth-order valence-electron chi connectivity index (χ4n) is 2.84. The van der Waals surface area contributed by atoms with Gasteiger partial charge in [0.2, 0.25) is 5.91 Å². The summed E-state index contributed by atoms with van der Waals surface area (Å²) in [5.41, 5.74) is 0.548. The number of piperidine rings is 1. The maximum Gasteiger partial charge on any atom is 0.251 e. The SMILES string of the molecule is COc1cccc(C(=O)NCCNC(=O)CCC2CCNCC2)c1. The molecule has 0 spiro atoms. The first-order valence-electron chi connectivity index (χ1n) is 8.58. The van der Waals surface area contributed by atoms with Gasteiger partial charge in [-0.3, -0.25) is 9.59 Å². The van der Waals surface area contributed by atoms with E-state index < -0.39 is 0 Å². The molecule has 0 saturated carbocycles. The second kappa shape index (κ2) is 9.93. The molecule has 0 radical (unpaired) electrons. The Kier molecular flexibility index (Phi) is 7.55. The summed E-state index contributed by atoms with van der Waals surface area (Å²) in [5.74, 6) is 1.20. The summed E-state index contributed by atoms with van der Waals surface area (Å²) >= 11 is 0. The molecule has 2 rings (SSSR count). The van der Waals surface area contributed by atoms with E-state index in [4.69, 9.17) is 4.74 Å². The first-order chi connectivity index (χ1) is 11.7. The van der Waals surface area contributed by atoms with E-state index in [-0.39, 0.29) is 11.8 Å². The summed E-state index contributed by atoms with van der Waals surface area (Å²) in [5, 5.41) is 8.98. The third-order valence-corrected chi connectivity index (χ3v) is 4.30. The monoisotopic (exact) mass is 333 g/mol. The molecular formula is C18H27N3O3.